The fourth-order valence-electron chi connectivity index (χ4n) is 2.57. The molecule has 0 aromatic carbocycles. The van der Waals surface area contributed by atoms with Gasteiger partial charge < -0.3 is 15.7 Å². The molecule has 2 atom stereocenters. The molecule has 18 heavy (non-hydrogen) atoms. The number of carbonyl (C=O) groups excluding carboxylic acids is 1. The molecule has 1 heterocycles. The Hall–Kier alpha value is -1.62. The van der Waals surface area contributed by atoms with Gasteiger partial charge >= 0.3 is 0 Å². The molecular formula is C13H19N3O2. The highest BCUT2D eigenvalue weighted by molar-refractivity contribution is 5.97. The molecule has 98 valence electrons. The normalized spacial score (nSPS) is 23.7. The number of primary amides is 1. The van der Waals surface area contributed by atoms with E-state index >= 15 is 0 Å². The molecule has 1 saturated carbocycles. The summed E-state index contributed by atoms with van der Waals surface area (Å²) in [7, 11) is 1.86. The zero-order chi connectivity index (χ0) is 13.1. The van der Waals surface area contributed by atoms with Crippen molar-refractivity contribution >= 4 is 11.7 Å². The van der Waals surface area contributed by atoms with Crippen molar-refractivity contribution in [1.29, 1.82) is 0 Å². The predicted octanol–water partition coefficient (Wildman–Crippen LogP) is 0.920. The molecule has 1 amide bonds. The largest absolute Gasteiger partial charge is 0.391 e. The van der Waals surface area contributed by atoms with Gasteiger partial charge in [0.15, 0.2) is 0 Å². The summed E-state index contributed by atoms with van der Waals surface area (Å²) in [6.07, 6.45) is 5.11. The first-order valence-corrected chi connectivity index (χ1v) is 6.27. The van der Waals surface area contributed by atoms with E-state index in [0.29, 0.717) is 11.4 Å². The van der Waals surface area contributed by atoms with Crippen molar-refractivity contribution in [2.24, 2.45) is 5.73 Å². The smallest absolute Gasteiger partial charge is 0.252 e. The molecule has 0 spiro atoms. The van der Waals surface area contributed by atoms with Crippen LogP contribution in [0.2, 0.25) is 0 Å². The molecule has 1 aliphatic rings. The van der Waals surface area contributed by atoms with Crippen LogP contribution < -0.4 is 10.6 Å². The van der Waals surface area contributed by atoms with Crippen LogP contribution in [0.4, 0.5) is 5.82 Å². The van der Waals surface area contributed by atoms with Crippen LogP contribution in [-0.4, -0.2) is 35.2 Å². The van der Waals surface area contributed by atoms with Gasteiger partial charge in [0.2, 0.25) is 0 Å². The highest BCUT2D eigenvalue weighted by atomic mass is 16.3. The van der Waals surface area contributed by atoms with Gasteiger partial charge in [-0.05, 0) is 25.0 Å². The fourth-order valence-corrected chi connectivity index (χ4v) is 2.57. The summed E-state index contributed by atoms with van der Waals surface area (Å²) in [6, 6.07) is 3.36. The van der Waals surface area contributed by atoms with E-state index in [4.69, 9.17) is 5.73 Å². The number of hydrogen-bond donors (Lipinski definition) is 2. The van der Waals surface area contributed by atoms with Crippen molar-refractivity contribution in [3.8, 4) is 0 Å². The van der Waals surface area contributed by atoms with Gasteiger partial charge in [-0.1, -0.05) is 12.8 Å². The summed E-state index contributed by atoms with van der Waals surface area (Å²) >= 11 is 0. The third kappa shape index (κ3) is 2.46. The molecular weight excluding hydrogens is 230 g/mol. The lowest BCUT2D eigenvalue weighted by molar-refractivity contribution is 0.0991. The number of aliphatic hydroxyl groups is 1. The molecule has 5 heteroatoms. The van der Waals surface area contributed by atoms with E-state index < -0.39 is 5.91 Å². The third-order valence-electron chi connectivity index (χ3n) is 3.58. The lowest BCUT2D eigenvalue weighted by atomic mass is 9.91. The van der Waals surface area contributed by atoms with E-state index in [1.807, 2.05) is 11.9 Å². The maximum Gasteiger partial charge on any atom is 0.252 e. The van der Waals surface area contributed by atoms with Gasteiger partial charge in [-0.3, -0.25) is 4.79 Å². The Morgan fingerprint density at radius 3 is 2.89 bits per heavy atom. The highest BCUT2D eigenvalue weighted by Gasteiger charge is 2.28. The Morgan fingerprint density at radius 2 is 2.22 bits per heavy atom. The van der Waals surface area contributed by atoms with Crippen LogP contribution in [0.1, 0.15) is 36.0 Å². The number of rotatable bonds is 3. The van der Waals surface area contributed by atoms with Crippen LogP contribution in [0, 0.1) is 0 Å². The lowest BCUT2D eigenvalue weighted by Gasteiger charge is -2.36. The first kappa shape index (κ1) is 12.8. The molecule has 5 nitrogen and oxygen atoms in total. The Balaban J connectivity index is 2.27. The summed E-state index contributed by atoms with van der Waals surface area (Å²) in [6.45, 7) is 0. The second-order valence-corrected chi connectivity index (χ2v) is 4.77. The Kier molecular flexibility index (Phi) is 3.81. The van der Waals surface area contributed by atoms with Crippen molar-refractivity contribution in [2.45, 2.75) is 37.8 Å². The molecule has 1 aliphatic carbocycles. The summed E-state index contributed by atoms with van der Waals surface area (Å²) in [5.41, 5.74) is 5.75. The van der Waals surface area contributed by atoms with Crippen LogP contribution in [0.25, 0.3) is 0 Å². The number of aromatic nitrogens is 1. The lowest BCUT2D eigenvalue weighted by Crippen LogP contribution is -2.44. The minimum Gasteiger partial charge on any atom is -0.391 e. The molecule has 1 aromatic heterocycles. The Bertz CT molecular complexity index is 436. The number of amides is 1. The SMILES string of the molecule is CN(c1ncccc1C(N)=O)C1CCCCC1O. The topological polar surface area (TPSA) is 79.5 Å². The van der Waals surface area contributed by atoms with Gasteiger partial charge in [0.1, 0.15) is 5.82 Å². The summed E-state index contributed by atoms with van der Waals surface area (Å²) < 4.78 is 0. The molecule has 0 bridgehead atoms. The maximum absolute atomic E-state index is 11.4. The molecule has 0 aliphatic heterocycles. The second kappa shape index (κ2) is 5.35. The number of anilines is 1. The second-order valence-electron chi connectivity index (χ2n) is 4.77. The zero-order valence-electron chi connectivity index (χ0n) is 10.5. The average Bonchev–Trinajstić information content (AvgIpc) is 2.38. The molecule has 2 unspecified atom stereocenters. The first-order valence-electron chi connectivity index (χ1n) is 6.27. The van der Waals surface area contributed by atoms with Gasteiger partial charge in [0, 0.05) is 13.2 Å². The minimum absolute atomic E-state index is 0.00625. The van der Waals surface area contributed by atoms with E-state index in [1.165, 1.54) is 0 Å². The number of likely N-dealkylation sites (N-methyl/N-ethyl adjacent to an activating group) is 1. The number of aliphatic hydroxyl groups excluding tert-OH is 1. The van der Waals surface area contributed by atoms with Gasteiger partial charge in [-0.15, -0.1) is 0 Å². The van der Waals surface area contributed by atoms with Crippen molar-refractivity contribution in [3.05, 3.63) is 23.9 Å². The number of carbonyl (C=O) groups is 1. The monoisotopic (exact) mass is 249 g/mol. The highest BCUT2D eigenvalue weighted by Crippen LogP contribution is 2.27. The maximum atomic E-state index is 11.4. The van der Waals surface area contributed by atoms with Gasteiger partial charge in [-0.25, -0.2) is 4.98 Å². The number of pyridine rings is 1. The fraction of sp³-hybridized carbons (Fsp3) is 0.538. The summed E-state index contributed by atoms with van der Waals surface area (Å²) in [5.74, 6) is 0.0613. The van der Waals surface area contributed by atoms with Crippen molar-refractivity contribution < 1.29 is 9.90 Å². The van der Waals surface area contributed by atoms with Crippen LogP contribution in [0.15, 0.2) is 18.3 Å². The van der Waals surface area contributed by atoms with E-state index in [-0.39, 0.29) is 12.1 Å². The predicted molar refractivity (Wildman–Crippen MR) is 69.4 cm³/mol. The molecule has 0 radical (unpaired) electrons. The van der Waals surface area contributed by atoms with E-state index in [0.717, 1.165) is 25.7 Å². The molecule has 1 fully saturated rings. The van der Waals surface area contributed by atoms with E-state index in [2.05, 4.69) is 4.98 Å². The van der Waals surface area contributed by atoms with Gasteiger partial charge in [-0.2, -0.15) is 0 Å². The van der Waals surface area contributed by atoms with Crippen molar-refractivity contribution in [1.82, 2.24) is 4.98 Å². The average molecular weight is 249 g/mol. The van der Waals surface area contributed by atoms with Gasteiger partial charge in [0.05, 0.1) is 17.7 Å². The zero-order valence-corrected chi connectivity index (χ0v) is 10.5. The van der Waals surface area contributed by atoms with E-state index in [9.17, 15) is 9.90 Å². The number of nitrogens with two attached hydrogens (primary N) is 1. The summed E-state index contributed by atoms with van der Waals surface area (Å²) in [5, 5.41) is 10.0. The molecule has 0 saturated heterocycles. The number of hydrogen-bond acceptors (Lipinski definition) is 4. The van der Waals surface area contributed by atoms with Gasteiger partial charge in [0.25, 0.3) is 5.91 Å². The summed E-state index contributed by atoms with van der Waals surface area (Å²) in [4.78, 5) is 17.5. The standard InChI is InChI=1S/C13H19N3O2/c1-16(10-6-2-3-7-11(10)17)13-9(12(14)18)5-4-8-15-13/h4-5,8,10-11,17H,2-3,6-7H2,1H3,(H2,14,18). The third-order valence-corrected chi connectivity index (χ3v) is 3.58. The van der Waals surface area contributed by atoms with Crippen LogP contribution in [-0.2, 0) is 0 Å². The first-order chi connectivity index (χ1) is 8.61. The van der Waals surface area contributed by atoms with Crippen LogP contribution >= 0.6 is 0 Å². The Labute approximate surface area is 107 Å². The molecule has 2 rings (SSSR count). The van der Waals surface area contributed by atoms with Crippen LogP contribution in [0.3, 0.4) is 0 Å². The van der Waals surface area contributed by atoms with Crippen molar-refractivity contribution in [2.75, 3.05) is 11.9 Å². The molecule has 3 N–H and O–H groups in total. The molecule has 1 aromatic rings. The van der Waals surface area contributed by atoms with Crippen molar-refractivity contribution in [3.63, 3.8) is 0 Å². The Morgan fingerprint density at radius 1 is 1.50 bits per heavy atom. The minimum atomic E-state index is -0.491. The number of nitrogens with zero attached hydrogens (tertiary/aromatic N) is 2. The quantitative estimate of drug-likeness (QED) is 0.835. The van der Waals surface area contributed by atoms with Crippen LogP contribution in [0.5, 0.6) is 0 Å². The van der Waals surface area contributed by atoms with E-state index in [1.54, 1.807) is 18.3 Å².